The summed E-state index contributed by atoms with van der Waals surface area (Å²) < 4.78 is 10.7. The minimum Gasteiger partial charge on any atom is -0.464 e. The molecule has 0 spiro atoms. The lowest BCUT2D eigenvalue weighted by molar-refractivity contribution is -0.150. The van der Waals surface area contributed by atoms with Crippen LogP contribution in [0.1, 0.15) is 60.3 Å². The molecule has 0 aliphatic carbocycles. The van der Waals surface area contributed by atoms with Crippen molar-refractivity contribution < 1.29 is 23.9 Å². The molecule has 0 aromatic heterocycles. The normalized spacial score (nSPS) is 13.2. The molecule has 0 radical (unpaired) electrons. The zero-order valence-electron chi connectivity index (χ0n) is 21.4. The predicted molar refractivity (Wildman–Crippen MR) is 132 cm³/mol. The van der Waals surface area contributed by atoms with E-state index in [4.69, 9.17) is 9.47 Å². The van der Waals surface area contributed by atoms with Crippen LogP contribution in [0.4, 0.5) is 0 Å². The zero-order valence-corrected chi connectivity index (χ0v) is 22.2. The number of thioether (sulfide) groups is 1. The second-order valence-electron chi connectivity index (χ2n) is 9.21. The minimum atomic E-state index is -0.239. The summed E-state index contributed by atoms with van der Waals surface area (Å²) in [6.45, 7) is 12.1. The summed E-state index contributed by atoms with van der Waals surface area (Å²) in [5.41, 5.74) is 0. The molecule has 0 rings (SSSR count). The van der Waals surface area contributed by atoms with Crippen LogP contribution in [0.15, 0.2) is 0 Å². The van der Waals surface area contributed by atoms with Crippen molar-refractivity contribution >= 4 is 29.6 Å². The molecule has 0 bridgehead atoms. The maximum atomic E-state index is 12.7. The third-order valence-electron chi connectivity index (χ3n) is 5.27. The summed E-state index contributed by atoms with van der Waals surface area (Å²) in [7, 11) is 4.00. The van der Waals surface area contributed by atoms with Crippen LogP contribution in [0.2, 0.25) is 0 Å². The Bertz CT molecular complexity index is 542. The van der Waals surface area contributed by atoms with Gasteiger partial charge in [-0.05, 0) is 38.8 Å². The van der Waals surface area contributed by atoms with E-state index in [-0.39, 0.29) is 37.0 Å². The van der Waals surface area contributed by atoms with Crippen molar-refractivity contribution in [3.05, 3.63) is 0 Å². The SMILES string of the molecule is CCC(C)CC(C)C(=O)OCCN(CCOC(=O)CCC(C)C)C(=O)CSCCN(C)C. The van der Waals surface area contributed by atoms with E-state index in [1.165, 1.54) is 0 Å². The maximum absolute atomic E-state index is 12.7. The Labute approximate surface area is 199 Å². The highest BCUT2D eigenvalue weighted by Crippen LogP contribution is 2.16. The fourth-order valence-corrected chi connectivity index (χ4v) is 3.87. The van der Waals surface area contributed by atoms with E-state index in [0.717, 1.165) is 31.6 Å². The Balaban J connectivity index is 4.58. The largest absolute Gasteiger partial charge is 0.464 e. The van der Waals surface area contributed by atoms with Crippen molar-refractivity contribution in [2.75, 3.05) is 58.4 Å². The maximum Gasteiger partial charge on any atom is 0.308 e. The van der Waals surface area contributed by atoms with Crippen LogP contribution in [-0.2, 0) is 23.9 Å². The molecule has 0 aliphatic rings. The number of ether oxygens (including phenoxy) is 2. The topological polar surface area (TPSA) is 76.1 Å². The first-order valence-corrected chi connectivity index (χ1v) is 13.0. The van der Waals surface area contributed by atoms with Crippen LogP contribution in [0, 0.1) is 17.8 Å². The van der Waals surface area contributed by atoms with Crippen LogP contribution < -0.4 is 0 Å². The van der Waals surface area contributed by atoms with Crippen molar-refractivity contribution in [1.29, 1.82) is 0 Å². The van der Waals surface area contributed by atoms with Crippen LogP contribution in [0.25, 0.3) is 0 Å². The molecule has 188 valence electrons. The van der Waals surface area contributed by atoms with Crippen molar-refractivity contribution in [2.45, 2.75) is 60.3 Å². The molecule has 2 atom stereocenters. The van der Waals surface area contributed by atoms with E-state index >= 15 is 0 Å². The average molecular weight is 475 g/mol. The number of esters is 2. The number of nitrogens with zero attached hydrogens (tertiary/aromatic N) is 2. The quantitative estimate of drug-likeness (QED) is 0.221. The van der Waals surface area contributed by atoms with Gasteiger partial charge in [-0.25, -0.2) is 0 Å². The van der Waals surface area contributed by atoms with Gasteiger partial charge in [0.25, 0.3) is 0 Å². The third-order valence-corrected chi connectivity index (χ3v) is 6.19. The predicted octanol–water partition coefficient (Wildman–Crippen LogP) is 3.70. The van der Waals surface area contributed by atoms with Crippen LogP contribution in [0.3, 0.4) is 0 Å². The van der Waals surface area contributed by atoms with Gasteiger partial charge in [0.1, 0.15) is 13.2 Å². The van der Waals surface area contributed by atoms with Crippen molar-refractivity contribution in [3.8, 4) is 0 Å². The lowest BCUT2D eigenvalue weighted by Crippen LogP contribution is -2.39. The summed E-state index contributed by atoms with van der Waals surface area (Å²) in [6.07, 6.45) is 3.00. The van der Waals surface area contributed by atoms with E-state index in [9.17, 15) is 14.4 Å². The standard InChI is InChI=1S/C24H46N2O5S/c1-8-20(4)17-21(5)24(29)31-15-12-26(22(27)18-32-16-13-25(6)7)11-14-30-23(28)10-9-19(2)3/h19-21H,8-18H2,1-7H3. The van der Waals surface area contributed by atoms with Gasteiger partial charge in [0, 0.05) is 18.7 Å². The molecular weight excluding hydrogens is 428 g/mol. The molecule has 0 aliphatic heterocycles. The third kappa shape index (κ3) is 16.4. The molecule has 7 nitrogen and oxygen atoms in total. The number of hydrogen-bond donors (Lipinski definition) is 0. The summed E-state index contributed by atoms with van der Waals surface area (Å²) in [4.78, 5) is 40.5. The summed E-state index contributed by atoms with van der Waals surface area (Å²) in [6, 6.07) is 0. The van der Waals surface area contributed by atoms with E-state index in [0.29, 0.717) is 37.1 Å². The van der Waals surface area contributed by atoms with Gasteiger partial charge in [-0.3, -0.25) is 14.4 Å². The van der Waals surface area contributed by atoms with E-state index in [1.54, 1.807) is 16.7 Å². The van der Waals surface area contributed by atoms with Gasteiger partial charge in [0.15, 0.2) is 0 Å². The van der Waals surface area contributed by atoms with Gasteiger partial charge in [-0.1, -0.05) is 41.0 Å². The van der Waals surface area contributed by atoms with Gasteiger partial charge < -0.3 is 19.3 Å². The van der Waals surface area contributed by atoms with E-state index < -0.39 is 0 Å². The molecule has 0 saturated heterocycles. The first kappa shape index (κ1) is 30.7. The molecular formula is C24H46N2O5S. The number of carbonyl (C=O) groups excluding carboxylic acids is 3. The van der Waals surface area contributed by atoms with Crippen molar-refractivity contribution in [3.63, 3.8) is 0 Å². The molecule has 8 heteroatoms. The Morgan fingerprint density at radius 1 is 0.938 bits per heavy atom. The Hall–Kier alpha value is -1.28. The van der Waals surface area contributed by atoms with E-state index in [1.807, 2.05) is 21.0 Å². The molecule has 0 fully saturated rings. The highest BCUT2D eigenvalue weighted by atomic mass is 32.2. The fraction of sp³-hybridized carbons (Fsp3) is 0.875. The van der Waals surface area contributed by atoms with Crippen LogP contribution >= 0.6 is 11.8 Å². The van der Waals surface area contributed by atoms with Gasteiger partial charge in [-0.15, -0.1) is 0 Å². The molecule has 32 heavy (non-hydrogen) atoms. The number of amides is 1. The summed E-state index contributed by atoms with van der Waals surface area (Å²) in [5, 5.41) is 0. The van der Waals surface area contributed by atoms with Gasteiger partial charge in [0.2, 0.25) is 5.91 Å². The van der Waals surface area contributed by atoms with Crippen molar-refractivity contribution in [2.24, 2.45) is 17.8 Å². The van der Waals surface area contributed by atoms with Gasteiger partial charge >= 0.3 is 11.9 Å². The molecule has 1 amide bonds. The molecule has 0 aromatic carbocycles. The highest BCUT2D eigenvalue weighted by molar-refractivity contribution is 7.99. The lowest BCUT2D eigenvalue weighted by Gasteiger charge is -2.23. The molecule has 2 unspecified atom stereocenters. The monoisotopic (exact) mass is 474 g/mol. The minimum absolute atomic E-state index is 0.0318. The number of carbonyl (C=O) groups is 3. The number of rotatable bonds is 18. The van der Waals surface area contributed by atoms with Crippen molar-refractivity contribution in [1.82, 2.24) is 9.80 Å². The van der Waals surface area contributed by atoms with Crippen LogP contribution in [0.5, 0.6) is 0 Å². The summed E-state index contributed by atoms with van der Waals surface area (Å²) >= 11 is 1.57. The molecule has 0 aromatic rings. The number of hydrogen-bond acceptors (Lipinski definition) is 7. The lowest BCUT2D eigenvalue weighted by atomic mass is 9.95. The zero-order chi connectivity index (χ0) is 24.5. The van der Waals surface area contributed by atoms with Gasteiger partial charge in [-0.2, -0.15) is 11.8 Å². The smallest absolute Gasteiger partial charge is 0.308 e. The molecule has 0 N–H and O–H groups in total. The van der Waals surface area contributed by atoms with Gasteiger partial charge in [0.05, 0.1) is 24.8 Å². The van der Waals surface area contributed by atoms with E-state index in [2.05, 4.69) is 32.6 Å². The second kappa shape index (κ2) is 18.2. The Morgan fingerprint density at radius 3 is 2.12 bits per heavy atom. The Morgan fingerprint density at radius 2 is 1.56 bits per heavy atom. The molecule has 0 saturated carbocycles. The fourth-order valence-electron chi connectivity index (χ4n) is 2.87. The summed E-state index contributed by atoms with van der Waals surface area (Å²) in [5.74, 6) is 1.48. The highest BCUT2D eigenvalue weighted by Gasteiger charge is 2.19. The first-order valence-electron chi connectivity index (χ1n) is 11.9. The average Bonchev–Trinajstić information content (AvgIpc) is 2.73. The molecule has 0 heterocycles. The second-order valence-corrected chi connectivity index (χ2v) is 10.3. The first-order chi connectivity index (χ1) is 15.1. The Kier molecular flexibility index (Phi) is 17.5. The van der Waals surface area contributed by atoms with Crippen LogP contribution in [-0.4, -0.2) is 86.1 Å².